The minimum Gasteiger partial charge on any atom is -0.258 e. The van der Waals surface area contributed by atoms with Gasteiger partial charge in [-0.05, 0) is 34.1 Å². The maximum atomic E-state index is 12.8. The van der Waals surface area contributed by atoms with Gasteiger partial charge in [0.05, 0.1) is 4.92 Å². The SMILES string of the molecule is O=[N+]([O-])c1ccc(SCc2ccc(F)cc2)c2nonc12. The monoisotopic (exact) mass is 305 g/mol. The largest absolute Gasteiger partial charge is 0.300 e. The lowest BCUT2D eigenvalue weighted by atomic mass is 10.2. The van der Waals surface area contributed by atoms with Crippen LogP contribution in [0, 0.1) is 15.9 Å². The second-order valence-electron chi connectivity index (χ2n) is 4.22. The molecule has 0 N–H and O–H groups in total. The molecule has 0 saturated carbocycles. The van der Waals surface area contributed by atoms with Gasteiger partial charge in [-0.1, -0.05) is 12.1 Å². The molecule has 1 aromatic heterocycles. The first-order chi connectivity index (χ1) is 10.1. The summed E-state index contributed by atoms with van der Waals surface area (Å²) >= 11 is 1.43. The zero-order chi connectivity index (χ0) is 14.8. The lowest BCUT2D eigenvalue weighted by molar-refractivity contribution is -0.383. The summed E-state index contributed by atoms with van der Waals surface area (Å²) in [5, 5.41) is 18.2. The van der Waals surface area contributed by atoms with E-state index < -0.39 is 4.92 Å². The maximum Gasteiger partial charge on any atom is 0.300 e. The molecule has 8 heteroatoms. The van der Waals surface area contributed by atoms with Crippen LogP contribution in [0.15, 0.2) is 45.9 Å². The average molecular weight is 305 g/mol. The van der Waals surface area contributed by atoms with Crippen molar-refractivity contribution in [2.45, 2.75) is 10.6 Å². The molecule has 0 aliphatic rings. The van der Waals surface area contributed by atoms with Crippen molar-refractivity contribution in [3.63, 3.8) is 0 Å². The smallest absolute Gasteiger partial charge is 0.258 e. The lowest BCUT2D eigenvalue weighted by Crippen LogP contribution is -1.90. The average Bonchev–Trinajstić information content (AvgIpc) is 2.95. The Bertz CT molecular complexity index is 804. The van der Waals surface area contributed by atoms with Crippen molar-refractivity contribution in [3.05, 3.63) is 57.9 Å². The Balaban J connectivity index is 1.88. The summed E-state index contributed by atoms with van der Waals surface area (Å²) < 4.78 is 17.4. The zero-order valence-corrected chi connectivity index (χ0v) is 11.3. The third kappa shape index (κ3) is 2.70. The highest BCUT2D eigenvalue weighted by Gasteiger charge is 2.19. The Hall–Kier alpha value is -2.48. The second-order valence-corrected chi connectivity index (χ2v) is 5.23. The molecule has 3 aromatic rings. The molecule has 0 saturated heterocycles. The van der Waals surface area contributed by atoms with Gasteiger partial charge >= 0.3 is 5.69 Å². The van der Waals surface area contributed by atoms with E-state index in [0.717, 1.165) is 10.5 Å². The van der Waals surface area contributed by atoms with Crippen molar-refractivity contribution in [3.8, 4) is 0 Å². The fourth-order valence-electron chi connectivity index (χ4n) is 1.84. The van der Waals surface area contributed by atoms with E-state index in [-0.39, 0.29) is 17.0 Å². The Morgan fingerprint density at radius 1 is 1.14 bits per heavy atom. The number of fused-ring (bicyclic) bond motifs is 1. The van der Waals surface area contributed by atoms with Crippen LogP contribution >= 0.6 is 11.8 Å². The molecule has 2 aromatic carbocycles. The van der Waals surface area contributed by atoms with Gasteiger partial charge in [0.15, 0.2) is 5.52 Å². The molecule has 0 atom stereocenters. The van der Waals surface area contributed by atoms with E-state index in [1.54, 1.807) is 18.2 Å². The topological polar surface area (TPSA) is 82.1 Å². The number of nitro groups is 1. The fraction of sp³-hybridized carbons (Fsp3) is 0.0769. The van der Waals surface area contributed by atoms with Crippen molar-refractivity contribution < 1.29 is 13.9 Å². The highest BCUT2D eigenvalue weighted by atomic mass is 32.2. The summed E-state index contributed by atoms with van der Waals surface area (Å²) in [4.78, 5) is 11.1. The highest BCUT2D eigenvalue weighted by molar-refractivity contribution is 7.98. The summed E-state index contributed by atoms with van der Waals surface area (Å²) in [6, 6.07) is 9.13. The van der Waals surface area contributed by atoms with E-state index in [9.17, 15) is 14.5 Å². The van der Waals surface area contributed by atoms with E-state index >= 15 is 0 Å². The van der Waals surface area contributed by atoms with Gasteiger partial charge in [0.25, 0.3) is 0 Å². The van der Waals surface area contributed by atoms with E-state index in [4.69, 9.17) is 0 Å². The predicted molar refractivity (Wildman–Crippen MR) is 74.4 cm³/mol. The number of thioether (sulfide) groups is 1. The van der Waals surface area contributed by atoms with Crippen LogP contribution in [0.1, 0.15) is 5.56 Å². The van der Waals surface area contributed by atoms with Gasteiger partial charge in [-0.15, -0.1) is 11.8 Å². The van der Waals surface area contributed by atoms with Crippen molar-refractivity contribution in [2.24, 2.45) is 0 Å². The van der Waals surface area contributed by atoms with Crippen molar-refractivity contribution in [1.29, 1.82) is 0 Å². The predicted octanol–water partition coefficient (Wildman–Crippen LogP) is 3.56. The summed E-state index contributed by atoms with van der Waals surface area (Å²) in [6.45, 7) is 0. The van der Waals surface area contributed by atoms with Crippen LogP contribution in [-0.4, -0.2) is 15.2 Å². The van der Waals surface area contributed by atoms with Gasteiger partial charge in [-0.25, -0.2) is 9.02 Å². The molecule has 0 spiro atoms. The molecule has 6 nitrogen and oxygen atoms in total. The van der Waals surface area contributed by atoms with Crippen LogP contribution < -0.4 is 0 Å². The summed E-state index contributed by atoms with van der Waals surface area (Å²) in [7, 11) is 0. The van der Waals surface area contributed by atoms with Gasteiger partial charge in [-0.3, -0.25) is 10.1 Å². The van der Waals surface area contributed by atoms with Gasteiger partial charge in [-0.2, -0.15) is 0 Å². The number of benzene rings is 2. The normalized spacial score (nSPS) is 10.9. The number of halogens is 1. The molecule has 0 fully saturated rings. The molecule has 0 aliphatic carbocycles. The molecule has 0 radical (unpaired) electrons. The Labute approximate surface area is 122 Å². The van der Waals surface area contributed by atoms with E-state index in [1.807, 2.05) is 0 Å². The number of aromatic nitrogens is 2. The van der Waals surface area contributed by atoms with Crippen LogP contribution in [0.25, 0.3) is 11.0 Å². The number of nitro benzene ring substituents is 1. The minimum atomic E-state index is -0.527. The summed E-state index contributed by atoms with van der Waals surface area (Å²) in [5.74, 6) is 0.294. The third-order valence-electron chi connectivity index (χ3n) is 2.86. The van der Waals surface area contributed by atoms with Gasteiger partial charge in [0.2, 0.25) is 5.52 Å². The van der Waals surface area contributed by atoms with E-state index in [2.05, 4.69) is 14.9 Å². The van der Waals surface area contributed by atoms with Crippen molar-refractivity contribution in [1.82, 2.24) is 10.3 Å². The third-order valence-corrected chi connectivity index (χ3v) is 3.98. The first-order valence-electron chi connectivity index (χ1n) is 5.92. The maximum absolute atomic E-state index is 12.8. The first-order valence-corrected chi connectivity index (χ1v) is 6.90. The number of non-ortho nitro benzene ring substituents is 1. The van der Waals surface area contributed by atoms with E-state index in [0.29, 0.717) is 11.3 Å². The molecule has 0 bridgehead atoms. The standard InChI is InChI=1S/C13H8FN3O3S/c14-9-3-1-8(2-4-9)7-21-11-6-5-10(17(18)19)12-13(11)16-20-15-12/h1-6H,7H2. The number of hydrogen-bond donors (Lipinski definition) is 0. The van der Waals surface area contributed by atoms with E-state index in [1.165, 1.54) is 30.0 Å². The molecule has 3 rings (SSSR count). The molecular formula is C13H8FN3O3S. The highest BCUT2D eigenvalue weighted by Crippen LogP contribution is 2.33. The first kappa shape index (κ1) is 13.5. The molecule has 0 unspecified atom stereocenters. The molecule has 106 valence electrons. The summed E-state index contributed by atoms with van der Waals surface area (Å²) in [5.41, 5.74) is 1.28. The molecule has 21 heavy (non-hydrogen) atoms. The Kier molecular flexibility index (Phi) is 3.53. The minimum absolute atomic E-state index is 0.129. The lowest BCUT2D eigenvalue weighted by Gasteiger charge is -2.02. The Morgan fingerprint density at radius 3 is 2.57 bits per heavy atom. The number of rotatable bonds is 4. The van der Waals surface area contributed by atoms with Gasteiger partial charge < -0.3 is 0 Å². The molecule has 0 amide bonds. The van der Waals surface area contributed by atoms with Crippen molar-refractivity contribution >= 4 is 28.5 Å². The quantitative estimate of drug-likeness (QED) is 0.416. The van der Waals surface area contributed by atoms with Crippen LogP contribution in [-0.2, 0) is 5.75 Å². The van der Waals surface area contributed by atoms with Crippen LogP contribution in [0.2, 0.25) is 0 Å². The Morgan fingerprint density at radius 2 is 1.86 bits per heavy atom. The number of nitrogens with zero attached hydrogens (tertiary/aromatic N) is 3. The van der Waals surface area contributed by atoms with Gasteiger partial charge in [0.1, 0.15) is 5.82 Å². The molecule has 0 aliphatic heterocycles. The van der Waals surface area contributed by atoms with Crippen LogP contribution in [0.5, 0.6) is 0 Å². The molecule has 1 heterocycles. The second kappa shape index (κ2) is 5.49. The van der Waals surface area contributed by atoms with Crippen LogP contribution in [0.4, 0.5) is 10.1 Å². The van der Waals surface area contributed by atoms with Gasteiger partial charge in [0, 0.05) is 16.7 Å². The van der Waals surface area contributed by atoms with Crippen molar-refractivity contribution in [2.75, 3.05) is 0 Å². The number of hydrogen-bond acceptors (Lipinski definition) is 6. The van der Waals surface area contributed by atoms with Crippen LogP contribution in [0.3, 0.4) is 0 Å². The molecular weight excluding hydrogens is 297 g/mol. The zero-order valence-electron chi connectivity index (χ0n) is 10.5. The fourth-order valence-corrected chi connectivity index (χ4v) is 2.79. The summed E-state index contributed by atoms with van der Waals surface area (Å²) in [6.07, 6.45) is 0.